The van der Waals surface area contributed by atoms with E-state index in [1.807, 2.05) is 89.2 Å². The second-order valence-corrected chi connectivity index (χ2v) is 9.93. The van der Waals surface area contributed by atoms with E-state index in [0.29, 0.717) is 17.9 Å². The molecule has 5 nitrogen and oxygen atoms in total. The van der Waals surface area contributed by atoms with Crippen LogP contribution in [0.4, 0.5) is 0 Å². The van der Waals surface area contributed by atoms with E-state index in [9.17, 15) is 9.59 Å². The number of methoxy groups -OCH3 is 1. The molecule has 194 valence electrons. The van der Waals surface area contributed by atoms with Crippen LogP contribution in [-0.2, 0) is 9.59 Å². The molecule has 0 spiro atoms. The van der Waals surface area contributed by atoms with Crippen molar-refractivity contribution in [3.63, 3.8) is 0 Å². The Morgan fingerprint density at radius 3 is 1.89 bits per heavy atom. The molecule has 0 aliphatic carbocycles. The average Bonchev–Trinajstić information content (AvgIpc) is 2.89. The molecule has 1 atom stereocenters. The summed E-state index contributed by atoms with van der Waals surface area (Å²) in [6.07, 6.45) is 3.83. The summed E-state index contributed by atoms with van der Waals surface area (Å²) in [7, 11) is 1.61. The summed E-state index contributed by atoms with van der Waals surface area (Å²) in [5.74, 6) is 1.32. The lowest BCUT2D eigenvalue weighted by atomic mass is 9.90. The quantitative estimate of drug-likeness (QED) is 0.174. The van der Waals surface area contributed by atoms with Crippen molar-refractivity contribution in [3.8, 4) is 17.2 Å². The van der Waals surface area contributed by atoms with Gasteiger partial charge in [0.1, 0.15) is 17.2 Å². The summed E-state index contributed by atoms with van der Waals surface area (Å²) in [5, 5.41) is 0. The molecule has 0 radical (unpaired) electrons. The Hall–Kier alpha value is -3.86. The highest BCUT2D eigenvalue weighted by Crippen LogP contribution is 2.32. The zero-order valence-electron chi connectivity index (χ0n) is 22.8. The molecule has 1 unspecified atom stereocenters. The first-order valence-corrected chi connectivity index (χ1v) is 12.5. The molecule has 3 rings (SSSR count). The van der Waals surface area contributed by atoms with E-state index in [1.54, 1.807) is 13.2 Å². The van der Waals surface area contributed by atoms with Gasteiger partial charge in [-0.05, 0) is 92.3 Å². The van der Waals surface area contributed by atoms with Crippen molar-refractivity contribution < 1.29 is 23.8 Å². The third-order valence-corrected chi connectivity index (χ3v) is 6.78. The predicted molar refractivity (Wildman–Crippen MR) is 147 cm³/mol. The molecule has 0 amide bonds. The molecular formula is C32H36O5. The highest BCUT2D eigenvalue weighted by Gasteiger charge is 2.28. The van der Waals surface area contributed by atoms with Crippen LogP contribution >= 0.6 is 0 Å². The zero-order valence-corrected chi connectivity index (χ0v) is 22.8. The van der Waals surface area contributed by atoms with Crippen molar-refractivity contribution in [1.29, 1.82) is 0 Å². The summed E-state index contributed by atoms with van der Waals surface area (Å²) in [4.78, 5) is 24.8. The number of carbonyl (C=O) groups is 2. The van der Waals surface area contributed by atoms with Gasteiger partial charge in [-0.2, -0.15) is 0 Å². The second kappa shape index (κ2) is 11.9. The monoisotopic (exact) mass is 500 g/mol. The Balaban J connectivity index is 1.68. The van der Waals surface area contributed by atoms with Crippen LogP contribution in [0.15, 0.2) is 66.7 Å². The molecule has 0 aliphatic rings. The number of hydrogen-bond donors (Lipinski definition) is 0. The van der Waals surface area contributed by atoms with Gasteiger partial charge in [0.15, 0.2) is 0 Å². The normalized spacial score (nSPS) is 12.3. The molecule has 0 saturated carbocycles. The van der Waals surface area contributed by atoms with Crippen LogP contribution in [0.2, 0.25) is 0 Å². The molecule has 37 heavy (non-hydrogen) atoms. The molecule has 0 N–H and O–H groups in total. The maximum Gasteiger partial charge on any atom is 0.336 e. The zero-order chi connectivity index (χ0) is 27.2. The van der Waals surface area contributed by atoms with Crippen molar-refractivity contribution in [1.82, 2.24) is 0 Å². The minimum Gasteiger partial charge on any atom is -0.497 e. The maximum atomic E-state index is 12.5. The van der Waals surface area contributed by atoms with Gasteiger partial charge in [0.25, 0.3) is 0 Å². The molecule has 0 fully saturated rings. The fraction of sp³-hybridized carbons (Fsp3) is 0.312. The van der Waals surface area contributed by atoms with Gasteiger partial charge in [-0.3, -0.25) is 4.79 Å². The maximum absolute atomic E-state index is 12.5. The third-order valence-electron chi connectivity index (χ3n) is 6.78. The van der Waals surface area contributed by atoms with Gasteiger partial charge in [0.05, 0.1) is 12.5 Å². The largest absolute Gasteiger partial charge is 0.497 e. The number of benzene rings is 3. The summed E-state index contributed by atoms with van der Waals surface area (Å²) in [6.45, 7) is 11.8. The minimum atomic E-state index is -0.521. The average molecular weight is 501 g/mol. The van der Waals surface area contributed by atoms with E-state index in [-0.39, 0.29) is 11.9 Å². The number of hydrogen-bond acceptors (Lipinski definition) is 5. The Labute approximate surface area is 220 Å². The molecule has 0 heterocycles. The van der Waals surface area contributed by atoms with Crippen molar-refractivity contribution in [2.45, 2.75) is 53.9 Å². The fourth-order valence-electron chi connectivity index (χ4n) is 3.71. The van der Waals surface area contributed by atoms with E-state index >= 15 is 0 Å². The van der Waals surface area contributed by atoms with Gasteiger partial charge >= 0.3 is 11.9 Å². The van der Waals surface area contributed by atoms with Crippen molar-refractivity contribution >= 4 is 18.0 Å². The van der Waals surface area contributed by atoms with Gasteiger partial charge in [-0.15, -0.1) is 0 Å². The van der Waals surface area contributed by atoms with Gasteiger partial charge in [0.2, 0.25) is 0 Å². The summed E-state index contributed by atoms with van der Waals surface area (Å²) in [6, 6.07) is 19.2. The van der Waals surface area contributed by atoms with Crippen molar-refractivity contribution in [2.24, 2.45) is 5.41 Å². The molecule has 0 saturated heterocycles. The first-order valence-electron chi connectivity index (χ1n) is 12.5. The molecular weight excluding hydrogens is 464 g/mol. The molecule has 0 bridgehead atoms. The van der Waals surface area contributed by atoms with Gasteiger partial charge < -0.3 is 14.2 Å². The highest BCUT2D eigenvalue weighted by molar-refractivity contribution is 5.88. The van der Waals surface area contributed by atoms with Crippen LogP contribution in [0, 0.1) is 19.3 Å². The van der Waals surface area contributed by atoms with Gasteiger partial charge in [0, 0.05) is 12.0 Å². The third kappa shape index (κ3) is 7.10. The number of carbonyl (C=O) groups excluding carboxylic acids is 2. The standard InChI is InChI=1S/C32H36O5/c1-8-32(5,6)31(34)37-29-17-13-26(20-22(29)3)23(4)25-12-16-28(21(2)19-25)36-30(33)18-11-24-9-14-27(35-7)15-10-24/h9-20,23H,8H2,1-7H3/b18-11+. The summed E-state index contributed by atoms with van der Waals surface area (Å²) < 4.78 is 16.4. The Bertz CT molecular complexity index is 1290. The van der Waals surface area contributed by atoms with E-state index < -0.39 is 11.4 Å². The van der Waals surface area contributed by atoms with E-state index in [1.165, 1.54) is 6.08 Å². The lowest BCUT2D eigenvalue weighted by molar-refractivity contribution is -0.144. The number of ether oxygens (including phenoxy) is 3. The lowest BCUT2D eigenvalue weighted by Crippen LogP contribution is -2.28. The number of rotatable bonds is 9. The molecule has 3 aromatic carbocycles. The predicted octanol–water partition coefficient (Wildman–Crippen LogP) is 7.42. The van der Waals surface area contributed by atoms with Crippen LogP contribution < -0.4 is 14.2 Å². The molecule has 3 aromatic rings. The van der Waals surface area contributed by atoms with E-state index in [4.69, 9.17) is 14.2 Å². The van der Waals surface area contributed by atoms with Crippen molar-refractivity contribution in [3.05, 3.63) is 94.6 Å². The minimum absolute atomic E-state index is 0.106. The van der Waals surface area contributed by atoms with Gasteiger partial charge in [-0.1, -0.05) is 50.2 Å². The van der Waals surface area contributed by atoms with E-state index in [2.05, 4.69) is 13.0 Å². The van der Waals surface area contributed by atoms with E-state index in [0.717, 1.165) is 33.6 Å². The topological polar surface area (TPSA) is 61.8 Å². The van der Waals surface area contributed by atoms with Crippen LogP contribution in [0.5, 0.6) is 17.2 Å². The van der Waals surface area contributed by atoms with Crippen LogP contribution in [0.1, 0.15) is 67.9 Å². The van der Waals surface area contributed by atoms with Gasteiger partial charge in [-0.25, -0.2) is 4.79 Å². The molecule has 0 aromatic heterocycles. The first kappa shape index (κ1) is 27.7. The Kier molecular flexibility index (Phi) is 8.93. The Morgan fingerprint density at radius 1 is 0.865 bits per heavy atom. The van der Waals surface area contributed by atoms with Crippen LogP contribution in [0.25, 0.3) is 6.08 Å². The van der Waals surface area contributed by atoms with Crippen LogP contribution in [-0.4, -0.2) is 19.0 Å². The Morgan fingerprint density at radius 2 is 1.41 bits per heavy atom. The molecule has 0 aliphatic heterocycles. The highest BCUT2D eigenvalue weighted by atomic mass is 16.5. The van der Waals surface area contributed by atoms with Crippen molar-refractivity contribution in [2.75, 3.05) is 7.11 Å². The summed E-state index contributed by atoms with van der Waals surface area (Å²) in [5.41, 5.74) is 4.35. The second-order valence-electron chi connectivity index (χ2n) is 9.93. The number of esters is 2. The SMILES string of the molecule is CCC(C)(C)C(=O)Oc1ccc(C(C)c2ccc(OC(=O)/C=C/c3ccc(OC)cc3)c(C)c2)cc1C. The molecule has 5 heteroatoms. The summed E-state index contributed by atoms with van der Waals surface area (Å²) >= 11 is 0. The fourth-order valence-corrected chi connectivity index (χ4v) is 3.71. The van der Waals surface area contributed by atoms with Crippen LogP contribution in [0.3, 0.4) is 0 Å². The number of aryl methyl sites for hydroxylation is 2. The lowest BCUT2D eigenvalue weighted by Gasteiger charge is -2.21. The smallest absolute Gasteiger partial charge is 0.336 e. The first-order chi connectivity index (χ1) is 17.5.